The van der Waals surface area contributed by atoms with Crippen molar-refractivity contribution in [2.45, 2.75) is 11.9 Å². The lowest BCUT2D eigenvalue weighted by molar-refractivity contribution is -0.109. The molecular formula is C11H12BrN3OS. The number of hydrogen-bond acceptors (Lipinski definition) is 5. The maximum Gasteiger partial charge on any atom is 0.170 e. The fourth-order valence-corrected chi connectivity index (χ4v) is 2.51. The molecule has 0 spiro atoms. The number of thioether (sulfide) groups is 1. The lowest BCUT2D eigenvalue weighted by atomic mass is 10.2. The Morgan fingerprint density at radius 2 is 2.12 bits per heavy atom. The molecule has 0 aromatic heterocycles. The van der Waals surface area contributed by atoms with Crippen LogP contribution in [-0.4, -0.2) is 24.0 Å². The standard InChI is InChI=1S/C11H12BrN3OS/c12-9-3-1-8(2-4-9)6-17-7-11-13-10(5-16)14-15-11/h1-5,10,14H,6-7H2,(H,13,15). The number of benzene rings is 1. The van der Waals surface area contributed by atoms with Gasteiger partial charge in [-0.15, -0.1) is 11.8 Å². The van der Waals surface area contributed by atoms with Crippen LogP contribution in [0.2, 0.25) is 0 Å². The fraction of sp³-hybridized carbons (Fsp3) is 0.273. The second kappa shape index (κ2) is 6.07. The van der Waals surface area contributed by atoms with Gasteiger partial charge in [-0.1, -0.05) is 28.1 Å². The van der Waals surface area contributed by atoms with Crippen LogP contribution >= 0.6 is 27.7 Å². The molecule has 1 aromatic rings. The Bertz CT molecular complexity index is 421. The molecule has 1 heterocycles. The quantitative estimate of drug-likeness (QED) is 0.813. The molecule has 2 N–H and O–H groups in total. The number of nitrogens with zero attached hydrogens (tertiary/aromatic N) is 1. The molecule has 6 heteroatoms. The summed E-state index contributed by atoms with van der Waals surface area (Å²) in [6.07, 6.45) is 0.439. The molecule has 1 aliphatic heterocycles. The predicted octanol–water partition coefficient (Wildman–Crippen LogP) is 1.71. The number of aldehydes is 1. The number of carbonyl (C=O) groups is 1. The molecule has 1 aromatic carbocycles. The third kappa shape index (κ3) is 3.74. The molecule has 17 heavy (non-hydrogen) atoms. The summed E-state index contributed by atoms with van der Waals surface area (Å²) in [4.78, 5) is 10.5. The minimum atomic E-state index is -0.363. The highest BCUT2D eigenvalue weighted by Gasteiger charge is 2.14. The summed E-state index contributed by atoms with van der Waals surface area (Å²) >= 11 is 5.16. The van der Waals surface area contributed by atoms with Crippen LogP contribution in [0.25, 0.3) is 0 Å². The molecule has 1 atom stereocenters. The Morgan fingerprint density at radius 3 is 2.76 bits per heavy atom. The third-order valence-corrected chi connectivity index (χ3v) is 3.76. The zero-order chi connectivity index (χ0) is 12.1. The summed E-state index contributed by atoms with van der Waals surface area (Å²) in [5, 5.41) is 7.01. The van der Waals surface area contributed by atoms with Crippen molar-refractivity contribution in [3.63, 3.8) is 0 Å². The predicted molar refractivity (Wildman–Crippen MR) is 73.9 cm³/mol. The maximum absolute atomic E-state index is 10.5. The monoisotopic (exact) mass is 313 g/mol. The molecule has 0 fully saturated rings. The number of nitrogens with one attached hydrogen (secondary N) is 2. The Morgan fingerprint density at radius 1 is 1.35 bits per heavy atom. The van der Waals surface area contributed by atoms with E-state index in [1.807, 2.05) is 12.1 Å². The molecule has 2 rings (SSSR count). The molecule has 0 saturated heterocycles. The summed E-state index contributed by atoms with van der Waals surface area (Å²) in [7, 11) is 0. The summed E-state index contributed by atoms with van der Waals surface area (Å²) in [5.41, 5.74) is 3.98. The number of hydrogen-bond donors (Lipinski definition) is 2. The molecule has 0 amide bonds. The number of hydrazone groups is 1. The van der Waals surface area contributed by atoms with Crippen LogP contribution in [0.5, 0.6) is 0 Å². The molecule has 1 unspecified atom stereocenters. The van der Waals surface area contributed by atoms with Gasteiger partial charge in [-0.05, 0) is 17.7 Å². The Hall–Kier alpha value is -1.01. The maximum atomic E-state index is 10.5. The van der Waals surface area contributed by atoms with E-state index in [4.69, 9.17) is 0 Å². The topological polar surface area (TPSA) is 53.5 Å². The number of carbonyl (C=O) groups excluding carboxylic acids is 1. The van der Waals surface area contributed by atoms with E-state index in [-0.39, 0.29) is 6.17 Å². The highest BCUT2D eigenvalue weighted by Crippen LogP contribution is 2.16. The van der Waals surface area contributed by atoms with Crippen molar-refractivity contribution in [3.8, 4) is 0 Å². The van der Waals surface area contributed by atoms with Gasteiger partial charge in [0, 0.05) is 10.2 Å². The molecule has 0 aliphatic carbocycles. The van der Waals surface area contributed by atoms with E-state index in [1.54, 1.807) is 11.8 Å². The van der Waals surface area contributed by atoms with Crippen molar-refractivity contribution >= 4 is 39.8 Å². The van der Waals surface area contributed by atoms with Gasteiger partial charge in [0.1, 0.15) is 5.84 Å². The largest absolute Gasteiger partial charge is 0.344 e. The van der Waals surface area contributed by atoms with E-state index < -0.39 is 0 Å². The van der Waals surface area contributed by atoms with Gasteiger partial charge in [-0.2, -0.15) is 5.10 Å². The first-order valence-corrected chi connectivity index (χ1v) is 7.09. The molecule has 0 saturated carbocycles. The van der Waals surface area contributed by atoms with Crippen molar-refractivity contribution in [1.29, 1.82) is 0 Å². The summed E-state index contributed by atoms with van der Waals surface area (Å²) in [6, 6.07) is 8.25. The van der Waals surface area contributed by atoms with Gasteiger partial charge in [0.25, 0.3) is 0 Å². The highest BCUT2D eigenvalue weighted by atomic mass is 79.9. The van der Waals surface area contributed by atoms with E-state index in [9.17, 15) is 4.79 Å². The SMILES string of the molecule is O=CC1NN=C(CSCc2ccc(Br)cc2)N1. The van der Waals surface area contributed by atoms with E-state index in [0.29, 0.717) is 0 Å². The zero-order valence-electron chi connectivity index (χ0n) is 9.02. The minimum Gasteiger partial charge on any atom is -0.344 e. The van der Waals surface area contributed by atoms with Gasteiger partial charge in [-0.3, -0.25) is 10.2 Å². The van der Waals surface area contributed by atoms with Crippen molar-refractivity contribution in [2.75, 3.05) is 5.75 Å². The average Bonchev–Trinajstić information content (AvgIpc) is 2.80. The van der Waals surface area contributed by atoms with Crippen LogP contribution < -0.4 is 10.7 Å². The van der Waals surface area contributed by atoms with Crippen molar-refractivity contribution < 1.29 is 4.79 Å². The van der Waals surface area contributed by atoms with Gasteiger partial charge in [-0.25, -0.2) is 0 Å². The van der Waals surface area contributed by atoms with Crippen molar-refractivity contribution in [3.05, 3.63) is 34.3 Å². The van der Waals surface area contributed by atoms with Crippen LogP contribution in [0.3, 0.4) is 0 Å². The first-order valence-electron chi connectivity index (χ1n) is 5.14. The van der Waals surface area contributed by atoms with Gasteiger partial charge in [0.15, 0.2) is 12.5 Å². The average molecular weight is 314 g/mol. The van der Waals surface area contributed by atoms with Gasteiger partial charge < -0.3 is 5.32 Å². The van der Waals surface area contributed by atoms with Crippen LogP contribution in [0.1, 0.15) is 5.56 Å². The van der Waals surface area contributed by atoms with Crippen molar-refractivity contribution in [2.24, 2.45) is 5.10 Å². The Labute approximate surface area is 112 Å². The first-order chi connectivity index (χ1) is 8.28. The highest BCUT2D eigenvalue weighted by molar-refractivity contribution is 9.10. The van der Waals surface area contributed by atoms with Crippen LogP contribution in [0.15, 0.2) is 33.8 Å². The van der Waals surface area contributed by atoms with E-state index in [1.165, 1.54) is 5.56 Å². The molecule has 4 nitrogen and oxygen atoms in total. The first kappa shape index (κ1) is 12.4. The van der Waals surface area contributed by atoms with Crippen molar-refractivity contribution in [1.82, 2.24) is 10.7 Å². The molecule has 1 aliphatic rings. The molecule has 0 radical (unpaired) electrons. The minimum absolute atomic E-state index is 0.363. The van der Waals surface area contributed by atoms with E-state index in [2.05, 4.69) is 43.9 Å². The number of amidine groups is 1. The lowest BCUT2D eigenvalue weighted by Gasteiger charge is -2.04. The van der Waals surface area contributed by atoms with Gasteiger partial charge >= 0.3 is 0 Å². The van der Waals surface area contributed by atoms with E-state index in [0.717, 1.165) is 28.1 Å². The Balaban J connectivity index is 1.73. The zero-order valence-corrected chi connectivity index (χ0v) is 11.4. The third-order valence-electron chi connectivity index (χ3n) is 2.22. The van der Waals surface area contributed by atoms with Gasteiger partial charge in [0.2, 0.25) is 0 Å². The molecular weight excluding hydrogens is 302 g/mol. The fourth-order valence-electron chi connectivity index (χ4n) is 1.38. The van der Waals surface area contributed by atoms with Crippen LogP contribution in [0.4, 0.5) is 0 Å². The lowest BCUT2D eigenvalue weighted by Crippen LogP contribution is -2.36. The molecule has 0 bridgehead atoms. The Kier molecular flexibility index (Phi) is 4.44. The summed E-state index contributed by atoms with van der Waals surface area (Å²) in [6.45, 7) is 0. The normalized spacial score (nSPS) is 18.2. The smallest absolute Gasteiger partial charge is 0.170 e. The second-order valence-electron chi connectivity index (χ2n) is 3.56. The number of halogens is 1. The summed E-state index contributed by atoms with van der Waals surface area (Å²) < 4.78 is 1.09. The van der Waals surface area contributed by atoms with Gasteiger partial charge in [0.05, 0.1) is 5.75 Å². The number of rotatable bonds is 5. The van der Waals surface area contributed by atoms with Crippen LogP contribution in [0, 0.1) is 0 Å². The van der Waals surface area contributed by atoms with E-state index >= 15 is 0 Å². The second-order valence-corrected chi connectivity index (χ2v) is 5.47. The van der Waals surface area contributed by atoms with Crippen LogP contribution in [-0.2, 0) is 10.5 Å². The molecule has 90 valence electrons. The summed E-state index contributed by atoms with van der Waals surface area (Å²) in [5.74, 6) is 2.52.